The Morgan fingerprint density at radius 2 is 1.81 bits per heavy atom. The molecule has 2 saturated heterocycles. The summed E-state index contributed by atoms with van der Waals surface area (Å²) in [6, 6.07) is 8.17. The second-order valence-electron chi connectivity index (χ2n) is 7.03. The lowest BCUT2D eigenvalue weighted by Gasteiger charge is -2.26. The van der Waals surface area contributed by atoms with E-state index in [0.717, 1.165) is 57.3 Å². The predicted octanol–water partition coefficient (Wildman–Crippen LogP) is 2.71. The highest BCUT2D eigenvalue weighted by Gasteiger charge is 2.11. The van der Waals surface area contributed by atoms with Crippen molar-refractivity contribution in [3.8, 4) is 5.75 Å². The van der Waals surface area contributed by atoms with Crippen LogP contribution in [0.2, 0.25) is 0 Å². The Morgan fingerprint density at radius 3 is 2.56 bits per heavy atom. The van der Waals surface area contributed by atoms with Crippen molar-refractivity contribution in [1.29, 1.82) is 0 Å². The highest BCUT2D eigenvalue weighted by Crippen LogP contribution is 2.15. The van der Waals surface area contributed by atoms with Gasteiger partial charge in [-0.3, -0.25) is 4.90 Å². The van der Waals surface area contributed by atoms with Gasteiger partial charge in [0.15, 0.2) is 5.96 Å². The van der Waals surface area contributed by atoms with Crippen molar-refractivity contribution < 1.29 is 9.47 Å². The zero-order chi connectivity index (χ0) is 18.0. The normalized spacial score (nSPS) is 19.3. The van der Waals surface area contributed by atoms with Gasteiger partial charge in [0.2, 0.25) is 0 Å². The average molecular weight is 488 g/mol. The van der Waals surface area contributed by atoms with Crippen molar-refractivity contribution >= 4 is 29.9 Å². The number of nitrogens with zero attached hydrogens (tertiary/aromatic N) is 3. The number of nitrogens with two attached hydrogens (primary N) is 1. The van der Waals surface area contributed by atoms with Gasteiger partial charge in [0.05, 0.1) is 19.8 Å². The first-order chi connectivity index (χ1) is 12.8. The van der Waals surface area contributed by atoms with Gasteiger partial charge in [0.25, 0.3) is 0 Å². The summed E-state index contributed by atoms with van der Waals surface area (Å²) < 4.78 is 11.3. The molecule has 0 aromatic heterocycles. The smallest absolute Gasteiger partial charge is 0.191 e. The molecular formula is C20H33IN4O2. The van der Waals surface area contributed by atoms with Crippen molar-refractivity contribution in [2.24, 2.45) is 10.7 Å². The molecule has 0 bridgehead atoms. The number of likely N-dealkylation sites (tertiary alicyclic amines) is 1. The number of hydrogen-bond donors (Lipinski definition) is 1. The lowest BCUT2D eigenvalue weighted by atomic mass is 10.2. The Kier molecular flexibility index (Phi) is 10.2. The lowest BCUT2D eigenvalue weighted by molar-refractivity contribution is 0.0322. The van der Waals surface area contributed by atoms with E-state index in [1.165, 1.54) is 25.7 Å². The van der Waals surface area contributed by atoms with E-state index in [9.17, 15) is 0 Å². The summed E-state index contributed by atoms with van der Waals surface area (Å²) in [6.45, 7) is 7.93. The minimum Gasteiger partial charge on any atom is -0.492 e. The molecule has 27 heavy (non-hydrogen) atoms. The summed E-state index contributed by atoms with van der Waals surface area (Å²) in [6.07, 6.45) is 5.02. The Labute approximate surface area is 180 Å². The fourth-order valence-electron chi connectivity index (χ4n) is 3.42. The van der Waals surface area contributed by atoms with E-state index < -0.39 is 0 Å². The molecule has 0 saturated carbocycles. The van der Waals surface area contributed by atoms with Crippen LogP contribution in [0, 0.1) is 0 Å². The van der Waals surface area contributed by atoms with Crippen LogP contribution < -0.4 is 10.5 Å². The first kappa shape index (κ1) is 22.2. The topological polar surface area (TPSA) is 63.3 Å². The summed E-state index contributed by atoms with van der Waals surface area (Å²) in [5, 5.41) is 0. The van der Waals surface area contributed by atoms with Gasteiger partial charge < -0.3 is 20.1 Å². The summed E-state index contributed by atoms with van der Waals surface area (Å²) >= 11 is 0. The number of ether oxygens (including phenoxy) is 2. The molecule has 3 rings (SSSR count). The molecule has 6 nitrogen and oxygen atoms in total. The number of rotatable bonds is 6. The third-order valence-corrected chi connectivity index (χ3v) is 5.03. The molecule has 1 aromatic carbocycles. The Balaban J connectivity index is 0.00000261. The minimum atomic E-state index is 0. The molecule has 0 amide bonds. The second kappa shape index (κ2) is 12.4. The molecule has 0 spiro atoms. The van der Waals surface area contributed by atoms with Crippen molar-refractivity contribution in [1.82, 2.24) is 9.80 Å². The third kappa shape index (κ3) is 7.83. The van der Waals surface area contributed by atoms with E-state index in [0.29, 0.717) is 19.1 Å². The number of halogens is 1. The summed E-state index contributed by atoms with van der Waals surface area (Å²) in [4.78, 5) is 9.19. The molecule has 2 aliphatic heterocycles. The standard InChI is InChI=1S/C20H32N4O2.HI/c21-20(24-8-3-1-2-4-9-24)22-17-18-6-5-7-19(16-18)26-15-12-23-10-13-25-14-11-23;/h5-7,16H,1-4,8-15,17H2,(H2,21,22);1H. The Bertz CT molecular complexity index is 571. The zero-order valence-electron chi connectivity index (χ0n) is 16.1. The molecule has 2 N–H and O–H groups in total. The number of benzene rings is 1. The van der Waals surface area contributed by atoms with Gasteiger partial charge in [-0.15, -0.1) is 24.0 Å². The van der Waals surface area contributed by atoms with Crippen LogP contribution in [-0.2, 0) is 11.3 Å². The molecule has 2 aliphatic rings. The number of hydrogen-bond acceptors (Lipinski definition) is 4. The molecule has 7 heteroatoms. The van der Waals surface area contributed by atoms with E-state index in [1.54, 1.807) is 0 Å². The SMILES string of the molecule is I.NC(=NCc1cccc(OCCN2CCOCC2)c1)N1CCCCCC1. The van der Waals surface area contributed by atoms with Crippen LogP contribution in [0.4, 0.5) is 0 Å². The van der Waals surface area contributed by atoms with Gasteiger partial charge in [-0.25, -0.2) is 4.99 Å². The Hall–Kier alpha value is -1.06. The highest BCUT2D eigenvalue weighted by atomic mass is 127. The lowest BCUT2D eigenvalue weighted by Crippen LogP contribution is -2.38. The molecule has 2 heterocycles. The maximum Gasteiger partial charge on any atom is 0.191 e. The van der Waals surface area contributed by atoms with Crippen LogP contribution in [-0.4, -0.2) is 68.3 Å². The summed E-state index contributed by atoms with van der Waals surface area (Å²) in [5.41, 5.74) is 7.33. The molecule has 1 aromatic rings. The number of guanidine groups is 1. The molecule has 0 aliphatic carbocycles. The van der Waals surface area contributed by atoms with Gasteiger partial charge in [-0.2, -0.15) is 0 Å². The van der Waals surface area contributed by atoms with Crippen LogP contribution in [0.1, 0.15) is 31.2 Å². The van der Waals surface area contributed by atoms with Crippen molar-refractivity contribution in [2.75, 3.05) is 52.5 Å². The van der Waals surface area contributed by atoms with Gasteiger partial charge >= 0.3 is 0 Å². The molecule has 0 unspecified atom stereocenters. The predicted molar refractivity (Wildman–Crippen MR) is 120 cm³/mol. The van der Waals surface area contributed by atoms with E-state index in [2.05, 4.69) is 26.9 Å². The molecule has 2 fully saturated rings. The van der Waals surface area contributed by atoms with Crippen LogP contribution >= 0.6 is 24.0 Å². The molecule has 152 valence electrons. The quantitative estimate of drug-likeness (QED) is 0.379. The van der Waals surface area contributed by atoms with E-state index in [1.807, 2.05) is 12.1 Å². The maximum absolute atomic E-state index is 6.20. The minimum absolute atomic E-state index is 0. The Morgan fingerprint density at radius 1 is 1.07 bits per heavy atom. The second-order valence-corrected chi connectivity index (χ2v) is 7.03. The maximum atomic E-state index is 6.20. The largest absolute Gasteiger partial charge is 0.492 e. The van der Waals surface area contributed by atoms with E-state index in [-0.39, 0.29) is 24.0 Å². The fourth-order valence-corrected chi connectivity index (χ4v) is 3.42. The van der Waals surface area contributed by atoms with Crippen LogP contribution in [0.5, 0.6) is 5.75 Å². The van der Waals surface area contributed by atoms with E-state index in [4.69, 9.17) is 15.2 Å². The summed E-state index contributed by atoms with van der Waals surface area (Å²) in [7, 11) is 0. The van der Waals surface area contributed by atoms with Crippen LogP contribution in [0.15, 0.2) is 29.3 Å². The van der Waals surface area contributed by atoms with Crippen LogP contribution in [0.25, 0.3) is 0 Å². The third-order valence-electron chi connectivity index (χ3n) is 5.03. The van der Waals surface area contributed by atoms with E-state index >= 15 is 0 Å². The number of aliphatic imine (C=N–C) groups is 1. The number of morpholine rings is 1. The van der Waals surface area contributed by atoms with Crippen molar-refractivity contribution in [3.05, 3.63) is 29.8 Å². The van der Waals surface area contributed by atoms with Crippen molar-refractivity contribution in [3.63, 3.8) is 0 Å². The highest BCUT2D eigenvalue weighted by molar-refractivity contribution is 14.0. The monoisotopic (exact) mass is 488 g/mol. The van der Waals surface area contributed by atoms with Crippen LogP contribution in [0.3, 0.4) is 0 Å². The van der Waals surface area contributed by atoms with Gasteiger partial charge in [0, 0.05) is 32.7 Å². The molecule has 0 radical (unpaired) electrons. The molecule has 0 atom stereocenters. The molecular weight excluding hydrogens is 455 g/mol. The van der Waals surface area contributed by atoms with Crippen molar-refractivity contribution in [2.45, 2.75) is 32.2 Å². The van der Waals surface area contributed by atoms with Gasteiger partial charge in [0.1, 0.15) is 12.4 Å². The average Bonchev–Trinajstić information content (AvgIpc) is 2.97. The summed E-state index contributed by atoms with van der Waals surface area (Å²) in [5.74, 6) is 1.57. The van der Waals surface area contributed by atoms with Gasteiger partial charge in [-0.1, -0.05) is 25.0 Å². The first-order valence-corrected chi connectivity index (χ1v) is 9.88. The van der Waals surface area contributed by atoms with Gasteiger partial charge in [-0.05, 0) is 30.5 Å². The fraction of sp³-hybridized carbons (Fsp3) is 0.650. The first-order valence-electron chi connectivity index (χ1n) is 9.88. The zero-order valence-corrected chi connectivity index (χ0v) is 18.5.